The van der Waals surface area contributed by atoms with Gasteiger partial charge < -0.3 is 19.5 Å². The molecule has 0 unspecified atom stereocenters. The van der Waals surface area contributed by atoms with Crippen LogP contribution in [0.3, 0.4) is 0 Å². The van der Waals surface area contributed by atoms with Gasteiger partial charge in [-0.25, -0.2) is 0 Å². The van der Waals surface area contributed by atoms with Crippen LogP contribution in [-0.4, -0.2) is 39.4 Å². The molecule has 0 radical (unpaired) electrons. The molecule has 5 nitrogen and oxygen atoms in total. The summed E-state index contributed by atoms with van der Waals surface area (Å²) >= 11 is 0. The third kappa shape index (κ3) is 6.99. The van der Waals surface area contributed by atoms with Crippen molar-refractivity contribution in [3.05, 3.63) is 24.3 Å². The predicted molar refractivity (Wildman–Crippen MR) is 77.2 cm³/mol. The minimum absolute atomic E-state index is 0.000245. The molecule has 1 rings (SSSR count). The van der Waals surface area contributed by atoms with Gasteiger partial charge in [-0.1, -0.05) is 13.3 Å². The first kappa shape index (κ1) is 16.3. The van der Waals surface area contributed by atoms with Gasteiger partial charge in [0.1, 0.15) is 11.5 Å². The molecular weight excluding hydrogens is 258 g/mol. The number of unbranched alkanes of at least 4 members (excludes halogenated alkanes) is 1. The molecule has 0 fully saturated rings. The summed E-state index contributed by atoms with van der Waals surface area (Å²) < 4.78 is 15.8. The zero-order chi connectivity index (χ0) is 14.6. The summed E-state index contributed by atoms with van der Waals surface area (Å²) in [5, 5.41) is 2.69. The van der Waals surface area contributed by atoms with E-state index in [2.05, 4.69) is 12.2 Å². The fourth-order valence-electron chi connectivity index (χ4n) is 1.46. The number of benzene rings is 1. The van der Waals surface area contributed by atoms with E-state index in [1.165, 1.54) is 0 Å². The molecule has 0 atom stereocenters. The second kappa shape index (κ2) is 10.1. The molecule has 1 aromatic carbocycles. The smallest absolute Gasteiger partial charge is 0.258 e. The topological polar surface area (TPSA) is 56.8 Å². The van der Waals surface area contributed by atoms with Crippen LogP contribution in [0.25, 0.3) is 0 Å². The molecule has 0 bridgehead atoms. The minimum Gasteiger partial charge on any atom is -0.494 e. The van der Waals surface area contributed by atoms with E-state index in [1.54, 1.807) is 19.2 Å². The Hall–Kier alpha value is -1.75. The van der Waals surface area contributed by atoms with E-state index >= 15 is 0 Å². The van der Waals surface area contributed by atoms with Crippen LogP contribution in [0.5, 0.6) is 11.5 Å². The maximum atomic E-state index is 11.4. The van der Waals surface area contributed by atoms with Gasteiger partial charge in [-0.05, 0) is 30.7 Å². The summed E-state index contributed by atoms with van der Waals surface area (Å²) in [5.74, 6) is 1.30. The summed E-state index contributed by atoms with van der Waals surface area (Å²) in [5.41, 5.74) is 0. The van der Waals surface area contributed by atoms with E-state index in [-0.39, 0.29) is 12.5 Å². The number of methoxy groups -OCH3 is 1. The first-order valence-corrected chi connectivity index (χ1v) is 6.87. The van der Waals surface area contributed by atoms with E-state index in [0.717, 1.165) is 25.2 Å². The van der Waals surface area contributed by atoms with Crippen molar-refractivity contribution in [2.24, 2.45) is 0 Å². The van der Waals surface area contributed by atoms with E-state index in [0.29, 0.717) is 18.9 Å². The Morgan fingerprint density at radius 3 is 2.35 bits per heavy atom. The second-order valence-corrected chi connectivity index (χ2v) is 4.30. The van der Waals surface area contributed by atoms with Gasteiger partial charge in [0.2, 0.25) is 0 Å². The van der Waals surface area contributed by atoms with Gasteiger partial charge >= 0.3 is 0 Å². The number of hydrogen-bond donors (Lipinski definition) is 1. The van der Waals surface area contributed by atoms with Gasteiger partial charge in [0.05, 0.1) is 13.2 Å². The van der Waals surface area contributed by atoms with Gasteiger partial charge in [-0.15, -0.1) is 0 Å². The molecule has 0 heterocycles. The largest absolute Gasteiger partial charge is 0.494 e. The molecule has 0 saturated carbocycles. The second-order valence-electron chi connectivity index (χ2n) is 4.30. The van der Waals surface area contributed by atoms with Crippen LogP contribution >= 0.6 is 0 Å². The van der Waals surface area contributed by atoms with Crippen molar-refractivity contribution in [1.82, 2.24) is 5.32 Å². The lowest BCUT2D eigenvalue weighted by Crippen LogP contribution is -2.31. The highest BCUT2D eigenvalue weighted by atomic mass is 16.5. The summed E-state index contributed by atoms with van der Waals surface area (Å²) in [4.78, 5) is 11.4. The molecule has 20 heavy (non-hydrogen) atoms. The molecule has 112 valence electrons. The number of amides is 1. The lowest BCUT2D eigenvalue weighted by Gasteiger charge is -2.08. The highest BCUT2D eigenvalue weighted by Crippen LogP contribution is 2.17. The van der Waals surface area contributed by atoms with E-state index in [4.69, 9.17) is 14.2 Å². The molecule has 0 spiro atoms. The van der Waals surface area contributed by atoms with Crippen molar-refractivity contribution in [3.8, 4) is 11.5 Å². The molecular formula is C15H23NO4. The highest BCUT2D eigenvalue weighted by molar-refractivity contribution is 5.77. The maximum absolute atomic E-state index is 11.4. The Morgan fingerprint density at radius 1 is 1.10 bits per heavy atom. The van der Waals surface area contributed by atoms with Crippen LogP contribution in [0.1, 0.15) is 19.8 Å². The van der Waals surface area contributed by atoms with E-state index < -0.39 is 0 Å². The number of nitrogens with one attached hydrogen (secondary N) is 1. The fourth-order valence-corrected chi connectivity index (χ4v) is 1.46. The molecule has 0 saturated heterocycles. The summed E-state index contributed by atoms with van der Waals surface area (Å²) in [6.45, 7) is 3.83. The van der Waals surface area contributed by atoms with Gasteiger partial charge in [0.25, 0.3) is 5.91 Å². The van der Waals surface area contributed by atoms with Crippen LogP contribution < -0.4 is 14.8 Å². The number of carbonyl (C=O) groups excluding carboxylic acids is 1. The normalized spacial score (nSPS) is 10.1. The maximum Gasteiger partial charge on any atom is 0.258 e. The Balaban J connectivity index is 2.25. The van der Waals surface area contributed by atoms with Crippen molar-refractivity contribution in [3.63, 3.8) is 0 Å². The number of hydrogen-bond acceptors (Lipinski definition) is 4. The third-order valence-corrected chi connectivity index (χ3v) is 2.59. The van der Waals surface area contributed by atoms with Gasteiger partial charge in [-0.3, -0.25) is 4.79 Å². The predicted octanol–water partition coefficient (Wildman–Crippen LogP) is 2.01. The van der Waals surface area contributed by atoms with Crippen LogP contribution in [0.4, 0.5) is 0 Å². The van der Waals surface area contributed by atoms with Gasteiger partial charge in [0.15, 0.2) is 6.61 Å². The molecule has 0 aliphatic carbocycles. The van der Waals surface area contributed by atoms with Crippen molar-refractivity contribution < 1.29 is 19.0 Å². The van der Waals surface area contributed by atoms with Crippen LogP contribution in [0, 0.1) is 0 Å². The zero-order valence-electron chi connectivity index (χ0n) is 12.2. The lowest BCUT2D eigenvalue weighted by molar-refractivity contribution is -0.123. The van der Waals surface area contributed by atoms with E-state index in [1.807, 2.05) is 12.1 Å². The van der Waals surface area contributed by atoms with E-state index in [9.17, 15) is 4.79 Å². The lowest BCUT2D eigenvalue weighted by atomic mass is 10.3. The molecule has 0 aliphatic heterocycles. The molecule has 5 heteroatoms. The molecule has 0 aliphatic rings. The highest BCUT2D eigenvalue weighted by Gasteiger charge is 2.02. The van der Waals surface area contributed by atoms with Crippen molar-refractivity contribution in [2.45, 2.75) is 19.8 Å². The average Bonchev–Trinajstić information content (AvgIpc) is 2.47. The molecule has 1 amide bonds. The van der Waals surface area contributed by atoms with Crippen LogP contribution in [-0.2, 0) is 9.53 Å². The number of carbonyl (C=O) groups is 1. The Bertz CT molecular complexity index is 378. The van der Waals surface area contributed by atoms with Gasteiger partial charge in [-0.2, -0.15) is 0 Å². The van der Waals surface area contributed by atoms with Crippen molar-refractivity contribution in [1.29, 1.82) is 0 Å². The monoisotopic (exact) mass is 281 g/mol. The van der Waals surface area contributed by atoms with Gasteiger partial charge in [0, 0.05) is 13.7 Å². The van der Waals surface area contributed by atoms with Crippen LogP contribution in [0.15, 0.2) is 24.3 Å². The fraction of sp³-hybridized carbons (Fsp3) is 0.533. The third-order valence-electron chi connectivity index (χ3n) is 2.59. The molecule has 0 aromatic heterocycles. The Labute approximate surface area is 120 Å². The zero-order valence-corrected chi connectivity index (χ0v) is 12.2. The summed E-state index contributed by atoms with van der Waals surface area (Å²) in [6.07, 6.45) is 2.15. The van der Waals surface area contributed by atoms with Crippen molar-refractivity contribution >= 4 is 5.91 Å². The first-order valence-electron chi connectivity index (χ1n) is 6.87. The first-order chi connectivity index (χ1) is 9.76. The SMILES string of the molecule is CCCCOc1ccc(OCC(=O)NCCOC)cc1. The average molecular weight is 281 g/mol. The van der Waals surface area contributed by atoms with Crippen molar-refractivity contribution in [2.75, 3.05) is 33.5 Å². The van der Waals surface area contributed by atoms with Crippen LogP contribution in [0.2, 0.25) is 0 Å². The molecule has 1 N–H and O–H groups in total. The minimum atomic E-state index is -0.162. The summed E-state index contributed by atoms with van der Waals surface area (Å²) in [7, 11) is 1.59. The number of rotatable bonds is 10. The Morgan fingerprint density at radius 2 is 1.75 bits per heavy atom. The number of ether oxygens (including phenoxy) is 3. The Kier molecular flexibility index (Phi) is 8.22. The quantitative estimate of drug-likeness (QED) is 0.667. The molecule has 1 aromatic rings. The standard InChI is InChI=1S/C15H23NO4/c1-3-4-10-19-13-5-7-14(8-6-13)20-12-15(17)16-9-11-18-2/h5-8H,3-4,9-12H2,1-2H3,(H,16,17). The summed E-state index contributed by atoms with van der Waals surface area (Å²) in [6, 6.07) is 7.27.